The molecule has 0 aliphatic carbocycles. The van der Waals surface area contributed by atoms with Crippen molar-refractivity contribution in [3.8, 4) is 11.3 Å². The molecule has 7 nitrogen and oxygen atoms in total. The van der Waals surface area contributed by atoms with Gasteiger partial charge < -0.3 is 14.7 Å². The number of hydrogen-bond donors (Lipinski definition) is 2. The molecule has 0 saturated carbocycles. The minimum absolute atomic E-state index is 0.0286. The fraction of sp³-hybridized carbons (Fsp3) is 0.125. The number of aromatic nitrogens is 3. The lowest BCUT2D eigenvalue weighted by molar-refractivity contribution is 0.0945. The Morgan fingerprint density at radius 1 is 1.17 bits per heavy atom. The number of carbonyl (C=O) groups excluding carboxylic acids is 1. The molecule has 0 spiro atoms. The van der Waals surface area contributed by atoms with Gasteiger partial charge in [-0.05, 0) is 17.7 Å². The number of nitrogens with one attached hydrogen (secondary N) is 2. The van der Waals surface area contributed by atoms with Gasteiger partial charge in [0.2, 0.25) is 11.8 Å². The molecule has 23 heavy (non-hydrogen) atoms. The number of rotatable bonds is 4. The van der Waals surface area contributed by atoms with Crippen molar-refractivity contribution in [3.05, 3.63) is 70.2 Å². The van der Waals surface area contributed by atoms with Gasteiger partial charge in [-0.2, -0.15) is 0 Å². The molecule has 0 aliphatic rings. The SMILES string of the molecule is Cc1nnc(CNC(=O)c2ccc(-c3ccccc3)[nH]c2=O)o1. The van der Waals surface area contributed by atoms with Crippen molar-refractivity contribution < 1.29 is 9.21 Å². The molecule has 0 aliphatic heterocycles. The van der Waals surface area contributed by atoms with Gasteiger partial charge in [0, 0.05) is 12.6 Å². The summed E-state index contributed by atoms with van der Waals surface area (Å²) in [6, 6.07) is 12.6. The first kappa shape index (κ1) is 14.7. The summed E-state index contributed by atoms with van der Waals surface area (Å²) in [7, 11) is 0. The molecule has 2 N–H and O–H groups in total. The Morgan fingerprint density at radius 3 is 2.61 bits per heavy atom. The van der Waals surface area contributed by atoms with Crippen LogP contribution in [0.5, 0.6) is 0 Å². The molecule has 0 unspecified atom stereocenters. The highest BCUT2D eigenvalue weighted by molar-refractivity contribution is 5.93. The lowest BCUT2D eigenvalue weighted by Crippen LogP contribution is -2.29. The Labute approximate surface area is 131 Å². The topological polar surface area (TPSA) is 101 Å². The molecular formula is C16H14N4O3. The molecule has 2 heterocycles. The van der Waals surface area contributed by atoms with Crippen molar-refractivity contribution in [2.45, 2.75) is 13.5 Å². The van der Waals surface area contributed by atoms with Gasteiger partial charge in [0.1, 0.15) is 5.56 Å². The predicted molar refractivity (Wildman–Crippen MR) is 82.7 cm³/mol. The van der Waals surface area contributed by atoms with Gasteiger partial charge in [0.25, 0.3) is 11.5 Å². The lowest BCUT2D eigenvalue weighted by Gasteiger charge is -2.04. The van der Waals surface area contributed by atoms with Crippen molar-refractivity contribution in [2.24, 2.45) is 0 Å². The van der Waals surface area contributed by atoms with E-state index in [1.165, 1.54) is 6.07 Å². The molecule has 1 aromatic carbocycles. The van der Waals surface area contributed by atoms with Crippen LogP contribution in [-0.2, 0) is 6.54 Å². The van der Waals surface area contributed by atoms with E-state index in [9.17, 15) is 9.59 Å². The fourth-order valence-electron chi connectivity index (χ4n) is 2.10. The molecule has 7 heteroatoms. The van der Waals surface area contributed by atoms with E-state index in [4.69, 9.17) is 4.42 Å². The van der Waals surface area contributed by atoms with Gasteiger partial charge in [-0.25, -0.2) is 0 Å². The largest absolute Gasteiger partial charge is 0.424 e. The number of benzene rings is 1. The second-order valence-corrected chi connectivity index (χ2v) is 4.88. The van der Waals surface area contributed by atoms with Crippen LogP contribution in [0.15, 0.2) is 51.7 Å². The van der Waals surface area contributed by atoms with Crippen LogP contribution in [0.4, 0.5) is 0 Å². The highest BCUT2D eigenvalue weighted by Gasteiger charge is 2.12. The zero-order valence-corrected chi connectivity index (χ0v) is 12.4. The molecule has 116 valence electrons. The fourth-order valence-corrected chi connectivity index (χ4v) is 2.10. The van der Waals surface area contributed by atoms with Crippen LogP contribution in [0.1, 0.15) is 22.1 Å². The highest BCUT2D eigenvalue weighted by atomic mass is 16.4. The standard InChI is InChI=1S/C16H14N4O3/c1-10-19-20-14(23-10)9-17-15(21)12-7-8-13(18-16(12)22)11-5-3-2-4-6-11/h2-8H,9H2,1H3,(H,17,21)(H,18,22). The first-order valence-corrected chi connectivity index (χ1v) is 6.99. The molecule has 0 radical (unpaired) electrons. The van der Waals surface area contributed by atoms with Crippen LogP contribution in [0.2, 0.25) is 0 Å². The number of amides is 1. The third kappa shape index (κ3) is 3.34. The average Bonchev–Trinajstić information content (AvgIpc) is 2.99. The lowest BCUT2D eigenvalue weighted by atomic mass is 10.1. The molecule has 0 atom stereocenters. The van der Waals surface area contributed by atoms with Gasteiger partial charge in [-0.1, -0.05) is 30.3 Å². The summed E-state index contributed by atoms with van der Waals surface area (Å²) in [6.07, 6.45) is 0. The van der Waals surface area contributed by atoms with Crippen molar-refractivity contribution in [2.75, 3.05) is 0 Å². The van der Waals surface area contributed by atoms with Gasteiger partial charge in [-0.3, -0.25) is 9.59 Å². The van der Waals surface area contributed by atoms with Crippen molar-refractivity contribution in [3.63, 3.8) is 0 Å². The number of carbonyl (C=O) groups is 1. The van der Waals surface area contributed by atoms with Crippen molar-refractivity contribution >= 4 is 5.91 Å². The number of H-pyrrole nitrogens is 1. The second-order valence-electron chi connectivity index (χ2n) is 4.88. The van der Waals surface area contributed by atoms with Crippen molar-refractivity contribution in [1.82, 2.24) is 20.5 Å². The summed E-state index contributed by atoms with van der Waals surface area (Å²) in [5.74, 6) is 0.203. The van der Waals surface area contributed by atoms with E-state index in [-0.39, 0.29) is 18.0 Å². The van der Waals surface area contributed by atoms with E-state index in [1.54, 1.807) is 13.0 Å². The Bertz CT molecular complexity index is 884. The highest BCUT2D eigenvalue weighted by Crippen LogP contribution is 2.14. The maximum atomic E-state index is 12.1. The second kappa shape index (κ2) is 6.27. The first-order valence-electron chi connectivity index (χ1n) is 6.99. The smallest absolute Gasteiger partial charge is 0.261 e. The molecule has 2 aromatic heterocycles. The van der Waals surface area contributed by atoms with Crippen LogP contribution in [-0.4, -0.2) is 21.1 Å². The summed E-state index contributed by atoms with van der Waals surface area (Å²) in [5, 5.41) is 10.0. The summed E-state index contributed by atoms with van der Waals surface area (Å²) in [4.78, 5) is 26.9. The Hall–Kier alpha value is -3.22. The minimum atomic E-state index is -0.498. The zero-order valence-electron chi connectivity index (χ0n) is 12.4. The quantitative estimate of drug-likeness (QED) is 0.763. The third-order valence-electron chi connectivity index (χ3n) is 3.21. The van der Waals surface area contributed by atoms with Crippen LogP contribution < -0.4 is 10.9 Å². The van der Waals surface area contributed by atoms with Crippen LogP contribution >= 0.6 is 0 Å². The summed E-state index contributed by atoms with van der Waals surface area (Å²) >= 11 is 0. The first-order chi connectivity index (χ1) is 11.1. The van der Waals surface area contributed by atoms with E-state index in [2.05, 4.69) is 20.5 Å². The van der Waals surface area contributed by atoms with Crippen LogP contribution in [0.3, 0.4) is 0 Å². The zero-order chi connectivity index (χ0) is 16.2. The van der Waals surface area contributed by atoms with E-state index in [1.807, 2.05) is 30.3 Å². The Kier molecular flexibility index (Phi) is 4.01. The van der Waals surface area contributed by atoms with Gasteiger partial charge in [-0.15, -0.1) is 10.2 Å². The van der Waals surface area contributed by atoms with E-state index >= 15 is 0 Å². The molecule has 0 saturated heterocycles. The number of nitrogens with zero attached hydrogens (tertiary/aromatic N) is 2. The number of aromatic amines is 1. The maximum absolute atomic E-state index is 12.1. The number of aryl methyl sites for hydroxylation is 1. The molecule has 0 fully saturated rings. The molecule has 0 bridgehead atoms. The predicted octanol–water partition coefficient (Wildman–Crippen LogP) is 1.66. The minimum Gasteiger partial charge on any atom is -0.424 e. The maximum Gasteiger partial charge on any atom is 0.261 e. The van der Waals surface area contributed by atoms with E-state index in [0.717, 1.165) is 5.56 Å². The Morgan fingerprint density at radius 2 is 1.96 bits per heavy atom. The van der Waals surface area contributed by atoms with Gasteiger partial charge >= 0.3 is 0 Å². The number of hydrogen-bond acceptors (Lipinski definition) is 5. The molecular weight excluding hydrogens is 296 g/mol. The monoisotopic (exact) mass is 310 g/mol. The van der Waals surface area contributed by atoms with Gasteiger partial charge in [0.05, 0.1) is 6.54 Å². The van der Waals surface area contributed by atoms with Crippen LogP contribution in [0, 0.1) is 6.92 Å². The van der Waals surface area contributed by atoms with Gasteiger partial charge in [0.15, 0.2) is 0 Å². The number of pyridine rings is 1. The van der Waals surface area contributed by atoms with Crippen molar-refractivity contribution in [1.29, 1.82) is 0 Å². The summed E-state index contributed by atoms with van der Waals surface area (Å²) < 4.78 is 5.15. The molecule has 3 aromatic rings. The molecule has 1 amide bonds. The molecule has 3 rings (SSSR count). The normalized spacial score (nSPS) is 10.5. The summed E-state index contributed by atoms with van der Waals surface area (Å²) in [6.45, 7) is 1.73. The average molecular weight is 310 g/mol. The Balaban J connectivity index is 1.75. The summed E-state index contributed by atoms with van der Waals surface area (Å²) in [5.41, 5.74) is 1.10. The third-order valence-corrected chi connectivity index (χ3v) is 3.21. The van der Waals surface area contributed by atoms with Crippen LogP contribution in [0.25, 0.3) is 11.3 Å². The van der Waals surface area contributed by atoms with E-state index in [0.29, 0.717) is 11.6 Å². The van der Waals surface area contributed by atoms with E-state index < -0.39 is 11.5 Å².